The van der Waals surface area contributed by atoms with Gasteiger partial charge in [-0.1, -0.05) is 124 Å². The molecule has 0 aromatic rings. The Hall–Kier alpha value is -0.0400. The molecule has 0 spiro atoms. The van der Waals surface area contributed by atoms with Crippen LogP contribution in [0.2, 0.25) is 0 Å². The Morgan fingerprint density at radius 3 is 1.23 bits per heavy atom. The molecule has 186 valence electrons. The van der Waals surface area contributed by atoms with Gasteiger partial charge in [-0.15, -0.1) is 0 Å². The number of rotatable bonds is 22. The summed E-state index contributed by atoms with van der Waals surface area (Å²) in [7, 11) is 0. The Kier molecular flexibility index (Phi) is 19.2. The van der Waals surface area contributed by atoms with E-state index in [1.807, 2.05) is 0 Å². The zero-order chi connectivity index (χ0) is 22.5. The van der Waals surface area contributed by atoms with E-state index in [0.717, 1.165) is 5.92 Å². The number of hydrogen-bond donors (Lipinski definition) is 0. The maximum absolute atomic E-state index is 2.52. The Morgan fingerprint density at radius 2 is 0.871 bits per heavy atom. The Morgan fingerprint density at radius 1 is 0.516 bits per heavy atom. The highest BCUT2D eigenvalue weighted by atomic mass is 15.4. The van der Waals surface area contributed by atoms with Crippen molar-refractivity contribution in [2.24, 2.45) is 5.92 Å². The molecule has 1 atom stereocenters. The molecule has 1 heteroatoms. The minimum absolute atomic E-state index is 0.958. The van der Waals surface area contributed by atoms with Crippen molar-refractivity contribution in [1.29, 1.82) is 0 Å². The van der Waals surface area contributed by atoms with Gasteiger partial charge in [-0.25, -0.2) is 0 Å². The monoisotopic (exact) mass is 436 g/mol. The predicted octanol–water partition coefficient (Wildman–Crippen LogP) is 10.1. The van der Waals surface area contributed by atoms with Gasteiger partial charge in [0.25, 0.3) is 0 Å². The first-order chi connectivity index (χ1) is 15.2. The smallest absolute Gasteiger partial charge is 0.0812 e. The van der Waals surface area contributed by atoms with Crippen LogP contribution < -0.4 is 0 Å². The van der Waals surface area contributed by atoms with Crippen LogP contribution >= 0.6 is 0 Å². The Bertz CT molecular complexity index is 339. The summed E-state index contributed by atoms with van der Waals surface area (Å²) in [6, 6.07) is 0. The van der Waals surface area contributed by atoms with Gasteiger partial charge in [0.05, 0.1) is 26.2 Å². The Balaban J connectivity index is 2.10. The molecule has 31 heavy (non-hydrogen) atoms. The van der Waals surface area contributed by atoms with Crippen LogP contribution in [-0.4, -0.2) is 30.7 Å². The van der Waals surface area contributed by atoms with E-state index in [1.54, 1.807) is 0 Å². The maximum atomic E-state index is 2.52. The highest BCUT2D eigenvalue weighted by molar-refractivity contribution is 4.62. The molecule has 0 saturated carbocycles. The lowest BCUT2D eigenvalue weighted by Gasteiger charge is -2.44. The van der Waals surface area contributed by atoms with Crippen LogP contribution in [0.25, 0.3) is 0 Å². The normalized spacial score (nSPS) is 18.5. The van der Waals surface area contributed by atoms with Crippen molar-refractivity contribution < 1.29 is 4.48 Å². The van der Waals surface area contributed by atoms with Crippen LogP contribution in [0.3, 0.4) is 0 Å². The van der Waals surface area contributed by atoms with Crippen molar-refractivity contribution in [1.82, 2.24) is 0 Å². The molecule has 1 unspecified atom stereocenters. The number of piperidine rings is 1. The largest absolute Gasteiger partial charge is 0.323 e. The third-order valence-corrected chi connectivity index (χ3v) is 8.00. The second-order valence-corrected chi connectivity index (χ2v) is 11.3. The molecule has 0 amide bonds. The van der Waals surface area contributed by atoms with Crippen molar-refractivity contribution in [3.8, 4) is 0 Å². The van der Waals surface area contributed by atoms with E-state index in [9.17, 15) is 0 Å². The molecular formula is C30H62N+. The van der Waals surface area contributed by atoms with Crippen LogP contribution in [0.15, 0.2) is 0 Å². The molecule has 1 heterocycles. The summed E-state index contributed by atoms with van der Waals surface area (Å²) < 4.78 is 1.48. The lowest BCUT2D eigenvalue weighted by Crippen LogP contribution is -2.54. The first-order valence-electron chi connectivity index (χ1n) is 15.1. The molecule has 0 radical (unpaired) electrons. The van der Waals surface area contributed by atoms with Crippen LogP contribution in [0.4, 0.5) is 0 Å². The first-order valence-corrected chi connectivity index (χ1v) is 15.1. The van der Waals surface area contributed by atoms with Crippen molar-refractivity contribution >= 4 is 0 Å². The molecule has 0 aromatic heterocycles. The average molecular weight is 437 g/mol. The SMILES string of the molecule is CCCCCCCCCCCC[N+]1(CCCCCCCCCCCC)CCCC(C)C1. The molecule has 1 aliphatic heterocycles. The summed E-state index contributed by atoms with van der Waals surface area (Å²) in [6.45, 7) is 13.1. The maximum Gasteiger partial charge on any atom is 0.0812 e. The number of quaternary nitrogens is 1. The van der Waals surface area contributed by atoms with Crippen molar-refractivity contribution in [2.45, 2.75) is 162 Å². The molecule has 1 aliphatic rings. The molecule has 1 saturated heterocycles. The third kappa shape index (κ3) is 16.3. The molecule has 1 fully saturated rings. The van der Waals surface area contributed by atoms with E-state index < -0.39 is 0 Å². The number of hydrogen-bond acceptors (Lipinski definition) is 0. The second kappa shape index (κ2) is 20.6. The van der Waals surface area contributed by atoms with Crippen LogP contribution in [0.1, 0.15) is 162 Å². The minimum Gasteiger partial charge on any atom is -0.323 e. The summed E-state index contributed by atoms with van der Waals surface area (Å²) in [5.41, 5.74) is 0. The summed E-state index contributed by atoms with van der Waals surface area (Å²) in [6.07, 6.45) is 32.3. The fourth-order valence-electron chi connectivity index (χ4n) is 6.01. The fraction of sp³-hybridized carbons (Fsp3) is 1.00. The lowest BCUT2D eigenvalue weighted by molar-refractivity contribution is -0.936. The zero-order valence-electron chi connectivity index (χ0n) is 22.4. The zero-order valence-corrected chi connectivity index (χ0v) is 22.4. The van der Waals surface area contributed by atoms with Gasteiger partial charge in [0.1, 0.15) is 0 Å². The van der Waals surface area contributed by atoms with Crippen molar-refractivity contribution in [2.75, 3.05) is 26.2 Å². The number of unbranched alkanes of at least 4 members (excludes halogenated alkanes) is 18. The first kappa shape index (κ1) is 29.0. The van der Waals surface area contributed by atoms with Crippen LogP contribution in [0, 0.1) is 5.92 Å². The average Bonchev–Trinajstić information content (AvgIpc) is 2.76. The van der Waals surface area contributed by atoms with Crippen molar-refractivity contribution in [3.05, 3.63) is 0 Å². The van der Waals surface area contributed by atoms with Gasteiger partial charge in [0.15, 0.2) is 0 Å². The van der Waals surface area contributed by atoms with Gasteiger partial charge in [-0.05, 0) is 38.5 Å². The topological polar surface area (TPSA) is 0 Å². The van der Waals surface area contributed by atoms with Crippen molar-refractivity contribution in [3.63, 3.8) is 0 Å². The van der Waals surface area contributed by atoms with Gasteiger partial charge in [0, 0.05) is 5.92 Å². The summed E-state index contributed by atoms with van der Waals surface area (Å²) in [5.74, 6) is 0.958. The van der Waals surface area contributed by atoms with Gasteiger partial charge in [0.2, 0.25) is 0 Å². The van der Waals surface area contributed by atoms with Gasteiger partial charge < -0.3 is 4.48 Å². The highest BCUT2D eigenvalue weighted by Crippen LogP contribution is 2.26. The highest BCUT2D eigenvalue weighted by Gasteiger charge is 2.32. The van der Waals surface area contributed by atoms with Crippen LogP contribution in [0.5, 0.6) is 0 Å². The van der Waals surface area contributed by atoms with E-state index in [1.165, 1.54) is 172 Å². The van der Waals surface area contributed by atoms with E-state index in [-0.39, 0.29) is 0 Å². The lowest BCUT2D eigenvalue weighted by atomic mass is 9.95. The predicted molar refractivity (Wildman–Crippen MR) is 142 cm³/mol. The van der Waals surface area contributed by atoms with Gasteiger partial charge in [-0.2, -0.15) is 0 Å². The molecule has 0 aromatic carbocycles. The molecule has 0 bridgehead atoms. The van der Waals surface area contributed by atoms with Crippen LogP contribution in [-0.2, 0) is 0 Å². The molecular weight excluding hydrogens is 374 g/mol. The molecule has 0 aliphatic carbocycles. The van der Waals surface area contributed by atoms with E-state index in [4.69, 9.17) is 0 Å². The fourth-order valence-corrected chi connectivity index (χ4v) is 6.01. The standard InChI is InChI=1S/C30H62N/c1-4-6-8-10-12-14-16-18-20-22-26-31(28-24-25-30(3)29-31)27-23-21-19-17-15-13-11-9-7-5-2/h30H,4-29H2,1-3H3/q+1. The van der Waals surface area contributed by atoms with E-state index >= 15 is 0 Å². The number of likely N-dealkylation sites (tertiary alicyclic amines) is 1. The third-order valence-electron chi connectivity index (χ3n) is 8.00. The van der Waals surface area contributed by atoms with E-state index in [2.05, 4.69) is 20.8 Å². The number of nitrogens with zero attached hydrogens (tertiary/aromatic N) is 1. The molecule has 0 N–H and O–H groups in total. The minimum atomic E-state index is 0.958. The van der Waals surface area contributed by atoms with E-state index in [0.29, 0.717) is 0 Å². The summed E-state index contributed by atoms with van der Waals surface area (Å²) in [4.78, 5) is 0. The second-order valence-electron chi connectivity index (χ2n) is 11.3. The summed E-state index contributed by atoms with van der Waals surface area (Å²) in [5, 5.41) is 0. The quantitative estimate of drug-likeness (QED) is 0.117. The molecule has 1 rings (SSSR count). The van der Waals surface area contributed by atoms with Gasteiger partial charge >= 0.3 is 0 Å². The van der Waals surface area contributed by atoms with Gasteiger partial charge in [-0.3, -0.25) is 0 Å². The molecule has 1 nitrogen and oxygen atoms in total. The summed E-state index contributed by atoms with van der Waals surface area (Å²) >= 11 is 0. The Labute approximate surface area is 198 Å².